The SMILES string of the molecule is COC1OC(CO)C(O)C(OS(C)(=O)=O)C1OS(C)(=O)=O. The van der Waals surface area contributed by atoms with E-state index in [1.165, 1.54) is 0 Å². The van der Waals surface area contributed by atoms with Gasteiger partial charge in [-0.3, -0.25) is 8.37 Å². The van der Waals surface area contributed by atoms with E-state index in [1.807, 2.05) is 0 Å². The van der Waals surface area contributed by atoms with Crippen LogP contribution in [0.3, 0.4) is 0 Å². The third-order valence-corrected chi connectivity index (χ3v) is 3.75. The van der Waals surface area contributed by atoms with E-state index in [0.717, 1.165) is 19.6 Å². The number of methoxy groups -OCH3 is 1. The zero-order valence-electron chi connectivity index (χ0n) is 11.6. The molecule has 1 saturated heterocycles. The van der Waals surface area contributed by atoms with Crippen LogP contribution in [0.15, 0.2) is 0 Å². The number of hydrogen-bond donors (Lipinski definition) is 2. The van der Waals surface area contributed by atoms with E-state index in [0.29, 0.717) is 0 Å². The highest BCUT2D eigenvalue weighted by atomic mass is 32.2. The average molecular weight is 350 g/mol. The molecule has 0 saturated carbocycles. The van der Waals surface area contributed by atoms with Crippen molar-refractivity contribution in [2.45, 2.75) is 30.7 Å². The molecular formula is C9H18O10S2. The van der Waals surface area contributed by atoms with Gasteiger partial charge < -0.3 is 19.7 Å². The summed E-state index contributed by atoms with van der Waals surface area (Å²) in [6, 6.07) is 0. The molecule has 1 aliphatic heterocycles. The second-order valence-electron chi connectivity index (χ2n) is 4.48. The van der Waals surface area contributed by atoms with Gasteiger partial charge in [-0.25, -0.2) is 0 Å². The Kier molecular flexibility index (Phi) is 6.08. The van der Waals surface area contributed by atoms with Gasteiger partial charge in [0.2, 0.25) is 0 Å². The standard InChI is InChI=1S/C9H18O10S2/c1-16-9-8(19-21(3,14)15)7(18-20(2,12)13)6(11)5(4-10)17-9/h5-11H,4H2,1-3H3. The second-order valence-corrected chi connectivity index (χ2v) is 7.68. The van der Waals surface area contributed by atoms with Crippen molar-refractivity contribution < 1.29 is 44.9 Å². The summed E-state index contributed by atoms with van der Waals surface area (Å²) in [7, 11) is -6.89. The quantitative estimate of drug-likeness (QED) is 0.489. The molecule has 5 atom stereocenters. The van der Waals surface area contributed by atoms with Crippen LogP contribution < -0.4 is 0 Å². The average Bonchev–Trinajstić information content (AvgIpc) is 2.31. The molecule has 0 aromatic rings. The van der Waals surface area contributed by atoms with Crippen LogP contribution in [0.25, 0.3) is 0 Å². The minimum Gasteiger partial charge on any atom is -0.394 e. The van der Waals surface area contributed by atoms with Crippen LogP contribution >= 0.6 is 0 Å². The molecule has 1 rings (SSSR count). The molecule has 1 fully saturated rings. The van der Waals surface area contributed by atoms with Crippen LogP contribution in [0, 0.1) is 0 Å². The first-order chi connectivity index (χ1) is 9.48. The Labute approximate surface area is 122 Å². The summed E-state index contributed by atoms with van der Waals surface area (Å²) in [6.07, 6.45) is -5.93. The van der Waals surface area contributed by atoms with E-state index in [2.05, 4.69) is 4.18 Å². The Morgan fingerprint density at radius 3 is 1.90 bits per heavy atom. The van der Waals surface area contributed by atoms with E-state index in [4.69, 9.17) is 18.8 Å². The molecule has 126 valence electrons. The van der Waals surface area contributed by atoms with E-state index >= 15 is 0 Å². The molecule has 1 aliphatic rings. The third-order valence-electron chi connectivity index (χ3n) is 2.60. The van der Waals surface area contributed by atoms with Crippen molar-refractivity contribution in [3.05, 3.63) is 0 Å². The lowest BCUT2D eigenvalue weighted by molar-refractivity contribution is -0.283. The van der Waals surface area contributed by atoms with Crippen molar-refractivity contribution in [3.8, 4) is 0 Å². The number of ether oxygens (including phenoxy) is 2. The molecule has 0 aromatic heterocycles. The van der Waals surface area contributed by atoms with Crippen LogP contribution in [0.4, 0.5) is 0 Å². The summed E-state index contributed by atoms with van der Waals surface area (Å²) in [4.78, 5) is 0. The van der Waals surface area contributed by atoms with Crippen LogP contribution in [0.2, 0.25) is 0 Å². The minimum absolute atomic E-state index is 0.657. The Bertz CT molecular complexity index is 541. The second kappa shape index (κ2) is 6.83. The summed E-state index contributed by atoms with van der Waals surface area (Å²) in [6.45, 7) is -0.657. The van der Waals surface area contributed by atoms with Gasteiger partial charge in [0.15, 0.2) is 12.4 Å². The summed E-state index contributed by atoms with van der Waals surface area (Å²) in [5.41, 5.74) is 0. The highest BCUT2D eigenvalue weighted by molar-refractivity contribution is 7.86. The molecule has 0 amide bonds. The van der Waals surface area contributed by atoms with Crippen molar-refractivity contribution >= 4 is 20.2 Å². The lowest BCUT2D eigenvalue weighted by atomic mass is 9.99. The molecule has 12 heteroatoms. The maximum Gasteiger partial charge on any atom is 0.264 e. The van der Waals surface area contributed by atoms with Gasteiger partial charge in [-0.2, -0.15) is 16.8 Å². The van der Waals surface area contributed by atoms with E-state index in [-0.39, 0.29) is 0 Å². The van der Waals surface area contributed by atoms with Gasteiger partial charge in [-0.15, -0.1) is 0 Å². The molecule has 2 N–H and O–H groups in total. The monoisotopic (exact) mass is 350 g/mol. The summed E-state index contributed by atoms with van der Waals surface area (Å²) in [5.74, 6) is 0. The van der Waals surface area contributed by atoms with Crippen molar-refractivity contribution in [2.24, 2.45) is 0 Å². The largest absolute Gasteiger partial charge is 0.394 e. The summed E-state index contributed by atoms with van der Waals surface area (Å²) in [5, 5.41) is 19.1. The highest BCUT2D eigenvalue weighted by Gasteiger charge is 2.49. The minimum atomic E-state index is -4.04. The van der Waals surface area contributed by atoms with Crippen molar-refractivity contribution in [3.63, 3.8) is 0 Å². The fourth-order valence-electron chi connectivity index (χ4n) is 1.85. The molecule has 0 radical (unpaired) electrons. The Hall–Kier alpha value is -0.340. The van der Waals surface area contributed by atoms with Gasteiger partial charge in [-0.1, -0.05) is 0 Å². The Balaban J connectivity index is 3.16. The lowest BCUT2D eigenvalue weighted by Crippen LogP contribution is -2.61. The molecule has 0 spiro atoms. The van der Waals surface area contributed by atoms with Gasteiger partial charge in [-0.05, 0) is 0 Å². The Morgan fingerprint density at radius 2 is 1.52 bits per heavy atom. The first kappa shape index (κ1) is 18.7. The van der Waals surface area contributed by atoms with Crippen LogP contribution in [-0.2, 0) is 38.1 Å². The maximum atomic E-state index is 11.3. The summed E-state index contributed by atoms with van der Waals surface area (Å²) >= 11 is 0. The van der Waals surface area contributed by atoms with E-state index < -0.39 is 57.5 Å². The van der Waals surface area contributed by atoms with E-state index in [9.17, 15) is 21.9 Å². The maximum absolute atomic E-state index is 11.3. The zero-order valence-corrected chi connectivity index (χ0v) is 13.2. The van der Waals surface area contributed by atoms with Crippen molar-refractivity contribution in [1.82, 2.24) is 0 Å². The van der Waals surface area contributed by atoms with Crippen LogP contribution in [0.5, 0.6) is 0 Å². The molecule has 0 aliphatic carbocycles. The predicted molar refractivity (Wildman–Crippen MR) is 68.2 cm³/mol. The van der Waals surface area contributed by atoms with Crippen LogP contribution in [0.1, 0.15) is 0 Å². The summed E-state index contributed by atoms with van der Waals surface area (Å²) < 4.78 is 64.4. The lowest BCUT2D eigenvalue weighted by Gasteiger charge is -2.41. The number of rotatable bonds is 6. The molecular weight excluding hydrogens is 332 g/mol. The van der Waals surface area contributed by atoms with Crippen molar-refractivity contribution in [1.29, 1.82) is 0 Å². The first-order valence-corrected chi connectivity index (χ1v) is 9.35. The Morgan fingerprint density at radius 1 is 1.05 bits per heavy atom. The van der Waals surface area contributed by atoms with Crippen molar-refractivity contribution in [2.75, 3.05) is 26.2 Å². The van der Waals surface area contributed by atoms with Crippen LogP contribution in [-0.4, -0.2) is 84.0 Å². The normalized spacial score (nSPS) is 34.8. The number of aliphatic hydroxyl groups is 2. The fraction of sp³-hybridized carbons (Fsp3) is 1.00. The molecule has 21 heavy (non-hydrogen) atoms. The smallest absolute Gasteiger partial charge is 0.264 e. The van der Waals surface area contributed by atoms with Gasteiger partial charge >= 0.3 is 0 Å². The highest BCUT2D eigenvalue weighted by Crippen LogP contribution is 2.28. The third kappa shape index (κ3) is 5.41. The predicted octanol–water partition coefficient (Wildman–Crippen LogP) is -2.60. The van der Waals surface area contributed by atoms with Gasteiger partial charge in [0, 0.05) is 7.11 Å². The van der Waals surface area contributed by atoms with Gasteiger partial charge in [0.1, 0.15) is 18.3 Å². The van der Waals surface area contributed by atoms with Gasteiger partial charge in [0.05, 0.1) is 19.1 Å². The molecule has 0 bridgehead atoms. The topological polar surface area (TPSA) is 146 Å². The molecule has 5 unspecified atom stereocenters. The van der Waals surface area contributed by atoms with Gasteiger partial charge in [0.25, 0.3) is 20.2 Å². The number of hydrogen-bond acceptors (Lipinski definition) is 10. The molecule has 1 heterocycles. The van der Waals surface area contributed by atoms with E-state index in [1.54, 1.807) is 0 Å². The number of aliphatic hydroxyl groups excluding tert-OH is 2. The first-order valence-electron chi connectivity index (χ1n) is 5.72. The zero-order chi connectivity index (χ0) is 16.4. The fourth-order valence-corrected chi connectivity index (χ4v) is 3.08. The molecule has 0 aromatic carbocycles. The molecule has 10 nitrogen and oxygen atoms in total.